The number of primary amides is 1. The number of carbonyl (C=O) groups is 1. The molecule has 5 N–H and O–H groups in total. The molecule has 0 unspecified atom stereocenters. The van der Waals surface area contributed by atoms with Crippen LogP contribution in [0.2, 0.25) is 0 Å². The van der Waals surface area contributed by atoms with Crippen molar-refractivity contribution in [2.45, 2.75) is 13.5 Å². The Morgan fingerprint density at radius 2 is 2.00 bits per heavy atom. The molecule has 150 valence electrons. The molecule has 0 radical (unpaired) electrons. The van der Waals surface area contributed by atoms with Crippen LogP contribution in [0.4, 0.5) is 5.95 Å². The lowest BCUT2D eigenvalue weighted by atomic mass is 10.2. The summed E-state index contributed by atoms with van der Waals surface area (Å²) >= 11 is 0. The van der Waals surface area contributed by atoms with Gasteiger partial charge in [-0.3, -0.25) is 18.7 Å². The highest BCUT2D eigenvalue weighted by atomic mass is 16.5. The Morgan fingerprint density at radius 3 is 2.62 bits per heavy atom. The van der Waals surface area contributed by atoms with Gasteiger partial charge in [0.1, 0.15) is 5.75 Å². The predicted octanol–water partition coefficient (Wildman–Crippen LogP) is 0.415. The van der Waals surface area contributed by atoms with Crippen LogP contribution in [0.1, 0.15) is 17.3 Å². The Hall–Kier alpha value is -3.84. The maximum Gasteiger partial charge on any atom is 0.306 e. The Balaban J connectivity index is 2.05. The van der Waals surface area contributed by atoms with E-state index in [1.54, 1.807) is 30.7 Å². The van der Waals surface area contributed by atoms with E-state index in [1.807, 2.05) is 0 Å². The van der Waals surface area contributed by atoms with Crippen molar-refractivity contribution < 1.29 is 9.53 Å². The number of hydrogen-bond donors (Lipinski definition) is 3. The van der Waals surface area contributed by atoms with Gasteiger partial charge in [-0.05, 0) is 31.2 Å². The second-order valence-electron chi connectivity index (χ2n) is 6.09. The van der Waals surface area contributed by atoms with Crippen LogP contribution in [-0.4, -0.2) is 38.1 Å². The van der Waals surface area contributed by atoms with E-state index in [1.165, 1.54) is 16.7 Å². The minimum Gasteiger partial charge on any atom is -0.425 e. The molecule has 0 aliphatic rings. The highest BCUT2D eigenvalue weighted by Gasteiger charge is 2.19. The molecule has 0 aliphatic carbocycles. The number of anilines is 1. The number of nitrogens with one attached hydrogen (secondary N) is 1. The second kappa shape index (κ2) is 8.45. The molecule has 0 atom stereocenters. The Kier molecular flexibility index (Phi) is 5.80. The number of aromatic nitrogens is 4. The summed E-state index contributed by atoms with van der Waals surface area (Å²) in [4.78, 5) is 33.0. The quantitative estimate of drug-likeness (QED) is 0.492. The maximum absolute atomic E-state index is 13.0. The van der Waals surface area contributed by atoms with Crippen LogP contribution < -0.4 is 27.1 Å². The van der Waals surface area contributed by atoms with E-state index in [0.29, 0.717) is 35.9 Å². The molecule has 1 aromatic carbocycles. The summed E-state index contributed by atoms with van der Waals surface area (Å²) in [5.41, 5.74) is 11.4. The van der Waals surface area contributed by atoms with Crippen molar-refractivity contribution >= 4 is 23.0 Å². The van der Waals surface area contributed by atoms with E-state index in [9.17, 15) is 9.59 Å². The molecular weight excluding hydrogens is 374 g/mol. The zero-order valence-electron chi connectivity index (χ0n) is 16.1. The van der Waals surface area contributed by atoms with Gasteiger partial charge in [0.15, 0.2) is 11.2 Å². The number of fused-ring (bicyclic) bond motifs is 1. The van der Waals surface area contributed by atoms with Crippen LogP contribution >= 0.6 is 0 Å². The molecule has 2 aromatic heterocycles. The summed E-state index contributed by atoms with van der Waals surface area (Å²) in [6, 6.07) is 6.26. The normalized spacial score (nSPS) is 10.4. The van der Waals surface area contributed by atoms with Crippen molar-refractivity contribution in [2.24, 2.45) is 18.5 Å². The van der Waals surface area contributed by atoms with Crippen LogP contribution in [-0.2, 0) is 13.6 Å². The third-order valence-corrected chi connectivity index (χ3v) is 4.13. The van der Waals surface area contributed by atoms with Gasteiger partial charge in [0.2, 0.25) is 11.9 Å². The first-order valence-corrected chi connectivity index (χ1v) is 8.84. The van der Waals surface area contributed by atoms with Gasteiger partial charge in [0, 0.05) is 25.7 Å². The third-order valence-electron chi connectivity index (χ3n) is 4.13. The number of imidazole rings is 1. The first-order chi connectivity index (χ1) is 14.0. The van der Waals surface area contributed by atoms with Crippen molar-refractivity contribution in [1.82, 2.24) is 19.1 Å². The number of ether oxygens (including phenoxy) is 1. The van der Waals surface area contributed by atoms with E-state index in [0.717, 1.165) is 0 Å². The standard InChI is InChI=1S/C19H21N7O3/c1-3-4-11-26-14-16(23-18(26)22-10-9-20)24-19(25(2)17(14)28)29-13-7-5-12(6-8-13)15(21)27/h5-8H,9-11,20H2,1-2H3,(H2,21,27)(H,22,23). The fraction of sp³-hybridized carbons (Fsp3) is 0.263. The number of amides is 1. The molecule has 0 fully saturated rings. The molecule has 2 heterocycles. The topological polar surface area (TPSA) is 143 Å². The molecule has 10 heteroatoms. The second-order valence-corrected chi connectivity index (χ2v) is 6.09. The zero-order valence-corrected chi connectivity index (χ0v) is 16.1. The average Bonchev–Trinajstić information content (AvgIpc) is 3.06. The van der Waals surface area contributed by atoms with Gasteiger partial charge < -0.3 is 21.5 Å². The molecule has 0 aliphatic heterocycles. The summed E-state index contributed by atoms with van der Waals surface area (Å²) in [7, 11) is 1.55. The molecule has 1 amide bonds. The fourth-order valence-electron chi connectivity index (χ4n) is 2.66. The van der Waals surface area contributed by atoms with Crippen molar-refractivity contribution in [3.05, 3.63) is 40.2 Å². The largest absolute Gasteiger partial charge is 0.425 e. The number of carbonyl (C=O) groups excluding carboxylic acids is 1. The maximum atomic E-state index is 13.0. The lowest BCUT2D eigenvalue weighted by molar-refractivity contribution is 0.100. The monoisotopic (exact) mass is 395 g/mol. The van der Waals surface area contributed by atoms with Gasteiger partial charge in [-0.25, -0.2) is 0 Å². The number of nitrogens with two attached hydrogens (primary N) is 2. The van der Waals surface area contributed by atoms with E-state index in [-0.39, 0.29) is 23.8 Å². The first kappa shape index (κ1) is 19.9. The summed E-state index contributed by atoms with van der Waals surface area (Å²) in [6.45, 7) is 2.89. The highest BCUT2D eigenvalue weighted by molar-refractivity contribution is 5.92. The molecule has 0 bridgehead atoms. The third kappa shape index (κ3) is 4.04. The molecule has 0 saturated heterocycles. The lowest BCUT2D eigenvalue weighted by Gasteiger charge is -2.10. The van der Waals surface area contributed by atoms with Gasteiger partial charge in [-0.15, -0.1) is 5.92 Å². The van der Waals surface area contributed by atoms with Gasteiger partial charge in [-0.2, -0.15) is 9.97 Å². The lowest BCUT2D eigenvalue weighted by Crippen LogP contribution is -2.22. The fourth-order valence-corrected chi connectivity index (χ4v) is 2.66. The zero-order chi connectivity index (χ0) is 21.0. The molecule has 3 rings (SSSR count). The van der Waals surface area contributed by atoms with Crippen LogP contribution in [0.5, 0.6) is 11.8 Å². The van der Waals surface area contributed by atoms with E-state index >= 15 is 0 Å². The number of benzene rings is 1. The van der Waals surface area contributed by atoms with E-state index < -0.39 is 5.91 Å². The first-order valence-electron chi connectivity index (χ1n) is 8.84. The summed E-state index contributed by atoms with van der Waals surface area (Å²) in [6.07, 6.45) is 0. The molecule has 29 heavy (non-hydrogen) atoms. The summed E-state index contributed by atoms with van der Waals surface area (Å²) < 4.78 is 8.68. The van der Waals surface area contributed by atoms with E-state index in [2.05, 4.69) is 27.1 Å². The minimum absolute atomic E-state index is 0.0610. The summed E-state index contributed by atoms with van der Waals surface area (Å²) in [5, 5.41) is 3.08. The van der Waals surface area contributed by atoms with Crippen molar-refractivity contribution in [3.63, 3.8) is 0 Å². The Labute approximate surface area is 166 Å². The smallest absolute Gasteiger partial charge is 0.306 e. The Morgan fingerprint density at radius 1 is 1.28 bits per heavy atom. The molecule has 0 spiro atoms. The number of nitrogens with zero attached hydrogens (tertiary/aromatic N) is 4. The SMILES string of the molecule is CC#CCn1c(NCCN)nc2nc(Oc3ccc(C(N)=O)cc3)n(C)c(=O)c21. The van der Waals surface area contributed by atoms with Gasteiger partial charge in [0.05, 0.1) is 6.54 Å². The van der Waals surface area contributed by atoms with Crippen molar-refractivity contribution in [2.75, 3.05) is 18.4 Å². The predicted molar refractivity (Wildman–Crippen MR) is 109 cm³/mol. The van der Waals surface area contributed by atoms with Crippen molar-refractivity contribution in [3.8, 4) is 23.6 Å². The van der Waals surface area contributed by atoms with Crippen molar-refractivity contribution in [1.29, 1.82) is 0 Å². The Bertz CT molecular complexity index is 1170. The van der Waals surface area contributed by atoms with Crippen LogP contribution in [0, 0.1) is 11.8 Å². The molecular formula is C19H21N7O3. The highest BCUT2D eigenvalue weighted by Crippen LogP contribution is 2.22. The van der Waals surface area contributed by atoms with Crippen LogP contribution in [0.3, 0.4) is 0 Å². The molecule has 0 saturated carbocycles. The molecule has 3 aromatic rings. The van der Waals surface area contributed by atoms with Crippen LogP contribution in [0.25, 0.3) is 11.2 Å². The number of hydrogen-bond acceptors (Lipinski definition) is 7. The van der Waals surface area contributed by atoms with Gasteiger partial charge in [0.25, 0.3) is 5.56 Å². The average molecular weight is 395 g/mol. The number of rotatable bonds is 7. The van der Waals surface area contributed by atoms with Gasteiger partial charge >= 0.3 is 6.01 Å². The van der Waals surface area contributed by atoms with Gasteiger partial charge in [-0.1, -0.05) is 5.92 Å². The van der Waals surface area contributed by atoms with Crippen LogP contribution in [0.15, 0.2) is 29.1 Å². The molecule has 10 nitrogen and oxygen atoms in total. The van der Waals surface area contributed by atoms with E-state index in [4.69, 9.17) is 16.2 Å². The minimum atomic E-state index is -0.540. The summed E-state index contributed by atoms with van der Waals surface area (Å²) in [5.74, 6) is 6.06.